The standard InChI is InChI=1S/C18H19NO6/c1-3-23-16(21)8-12(17-13(20)6-10(2)19-18(17)22)11-4-5-14-15(7-11)25-9-24-14/h4-7,12H,3,8-9H2,1-2H3,(H2,19,20,22)/t12-/m1/s1. The summed E-state index contributed by atoms with van der Waals surface area (Å²) >= 11 is 0. The maximum absolute atomic E-state index is 12.4. The third-order valence-electron chi connectivity index (χ3n) is 4.01. The lowest BCUT2D eigenvalue weighted by molar-refractivity contribution is -0.143. The van der Waals surface area contributed by atoms with Crippen molar-refractivity contribution in [2.45, 2.75) is 26.2 Å². The second-order valence-electron chi connectivity index (χ2n) is 5.75. The zero-order valence-corrected chi connectivity index (χ0v) is 14.0. The minimum Gasteiger partial charge on any atom is -0.507 e. The minimum atomic E-state index is -0.669. The molecular formula is C18H19NO6. The van der Waals surface area contributed by atoms with Crippen molar-refractivity contribution in [1.82, 2.24) is 4.98 Å². The van der Waals surface area contributed by atoms with Crippen LogP contribution in [0.5, 0.6) is 17.2 Å². The first-order valence-electron chi connectivity index (χ1n) is 7.97. The number of carbonyl (C=O) groups is 1. The summed E-state index contributed by atoms with van der Waals surface area (Å²) in [5.41, 5.74) is 0.871. The predicted molar refractivity (Wildman–Crippen MR) is 89.1 cm³/mol. The Morgan fingerprint density at radius 3 is 2.80 bits per heavy atom. The first-order chi connectivity index (χ1) is 12.0. The highest BCUT2D eigenvalue weighted by atomic mass is 16.7. The van der Waals surface area contributed by atoms with Crippen molar-refractivity contribution in [1.29, 1.82) is 0 Å². The molecule has 1 aromatic heterocycles. The van der Waals surface area contributed by atoms with Crippen molar-refractivity contribution < 1.29 is 24.1 Å². The number of rotatable bonds is 5. The number of H-pyrrole nitrogens is 1. The molecule has 2 N–H and O–H groups in total. The molecular weight excluding hydrogens is 326 g/mol. The van der Waals surface area contributed by atoms with Gasteiger partial charge >= 0.3 is 5.97 Å². The maximum Gasteiger partial charge on any atom is 0.306 e. The predicted octanol–water partition coefficient (Wildman–Crippen LogP) is 2.20. The molecule has 0 fully saturated rings. The van der Waals surface area contributed by atoms with E-state index < -0.39 is 17.4 Å². The fourth-order valence-corrected chi connectivity index (χ4v) is 2.92. The van der Waals surface area contributed by atoms with Crippen molar-refractivity contribution in [3.63, 3.8) is 0 Å². The Bertz CT molecular complexity index is 857. The SMILES string of the molecule is CCOC(=O)C[C@H](c1ccc2c(c1)OCO2)c1c(O)cc(C)[nH]c1=O. The van der Waals surface area contributed by atoms with Gasteiger partial charge in [0.25, 0.3) is 5.56 Å². The van der Waals surface area contributed by atoms with Gasteiger partial charge < -0.3 is 24.3 Å². The Hall–Kier alpha value is -2.96. The van der Waals surface area contributed by atoms with Crippen LogP contribution in [0.1, 0.15) is 36.1 Å². The van der Waals surface area contributed by atoms with Crippen LogP contribution < -0.4 is 15.0 Å². The summed E-state index contributed by atoms with van der Waals surface area (Å²) in [4.78, 5) is 27.1. The normalized spacial score (nSPS) is 13.5. The molecule has 0 spiro atoms. The molecule has 0 radical (unpaired) electrons. The van der Waals surface area contributed by atoms with Crippen LogP contribution in [0.3, 0.4) is 0 Å². The summed E-state index contributed by atoms with van der Waals surface area (Å²) in [5.74, 6) is -0.147. The van der Waals surface area contributed by atoms with E-state index in [9.17, 15) is 14.7 Å². The minimum absolute atomic E-state index is 0.0762. The number of hydrogen-bond donors (Lipinski definition) is 2. The van der Waals surface area contributed by atoms with Crippen molar-refractivity contribution in [2.75, 3.05) is 13.4 Å². The van der Waals surface area contributed by atoms with Crippen molar-refractivity contribution >= 4 is 5.97 Å². The van der Waals surface area contributed by atoms with Gasteiger partial charge in [0.15, 0.2) is 11.5 Å². The Morgan fingerprint density at radius 2 is 2.08 bits per heavy atom. The molecule has 0 unspecified atom stereocenters. The summed E-state index contributed by atoms with van der Waals surface area (Å²) in [7, 11) is 0. The van der Waals surface area contributed by atoms with Crippen molar-refractivity contribution in [2.24, 2.45) is 0 Å². The Balaban J connectivity index is 2.07. The van der Waals surface area contributed by atoms with Gasteiger partial charge in [0, 0.05) is 11.6 Å². The highest BCUT2D eigenvalue weighted by Gasteiger charge is 2.27. The molecule has 132 valence electrons. The average molecular weight is 345 g/mol. The van der Waals surface area contributed by atoms with Crippen LogP contribution in [-0.4, -0.2) is 29.5 Å². The van der Waals surface area contributed by atoms with Crippen LogP contribution in [0.25, 0.3) is 0 Å². The van der Waals surface area contributed by atoms with E-state index in [1.807, 2.05) is 0 Å². The van der Waals surface area contributed by atoms with Gasteiger partial charge in [-0.05, 0) is 37.6 Å². The van der Waals surface area contributed by atoms with E-state index in [2.05, 4.69) is 4.98 Å². The van der Waals surface area contributed by atoms with Crippen LogP contribution in [0, 0.1) is 6.92 Å². The quantitative estimate of drug-likeness (QED) is 0.806. The van der Waals surface area contributed by atoms with Crippen molar-refractivity contribution in [3.8, 4) is 17.2 Å². The van der Waals surface area contributed by atoms with Gasteiger partial charge in [-0.25, -0.2) is 0 Å². The van der Waals surface area contributed by atoms with Crippen LogP contribution in [0.15, 0.2) is 29.1 Å². The van der Waals surface area contributed by atoms with Gasteiger partial charge in [0.1, 0.15) is 5.75 Å². The summed E-state index contributed by atoms with van der Waals surface area (Å²) < 4.78 is 15.7. The van der Waals surface area contributed by atoms with E-state index >= 15 is 0 Å². The van der Waals surface area contributed by atoms with Gasteiger partial charge in [0.05, 0.1) is 18.6 Å². The average Bonchev–Trinajstić information content (AvgIpc) is 3.00. The highest BCUT2D eigenvalue weighted by Crippen LogP contribution is 2.38. The number of esters is 1. The van der Waals surface area contributed by atoms with Gasteiger partial charge in [-0.2, -0.15) is 0 Å². The number of fused-ring (bicyclic) bond motifs is 1. The summed E-state index contributed by atoms with van der Waals surface area (Å²) in [6, 6.07) is 6.64. The first kappa shape index (κ1) is 16.9. The summed E-state index contributed by atoms with van der Waals surface area (Å²) in [6.07, 6.45) is -0.0762. The molecule has 3 rings (SSSR count). The zero-order chi connectivity index (χ0) is 18.0. The van der Waals surface area contributed by atoms with E-state index in [-0.39, 0.29) is 31.1 Å². The van der Waals surface area contributed by atoms with Gasteiger partial charge in [0.2, 0.25) is 6.79 Å². The molecule has 1 aromatic carbocycles. The lowest BCUT2D eigenvalue weighted by Crippen LogP contribution is -2.21. The number of benzene rings is 1. The number of nitrogens with one attached hydrogen (secondary N) is 1. The molecule has 0 saturated carbocycles. The Morgan fingerprint density at radius 1 is 1.32 bits per heavy atom. The summed E-state index contributed by atoms with van der Waals surface area (Å²) in [5, 5.41) is 10.3. The lowest BCUT2D eigenvalue weighted by Gasteiger charge is -2.18. The second-order valence-corrected chi connectivity index (χ2v) is 5.75. The summed E-state index contributed by atoms with van der Waals surface area (Å²) in [6.45, 7) is 3.75. The maximum atomic E-state index is 12.4. The first-order valence-corrected chi connectivity index (χ1v) is 7.97. The van der Waals surface area contributed by atoms with E-state index in [0.29, 0.717) is 22.8 Å². The fraction of sp³-hybridized carbons (Fsp3) is 0.333. The molecule has 0 bridgehead atoms. The largest absolute Gasteiger partial charge is 0.507 e. The molecule has 1 aliphatic rings. The smallest absolute Gasteiger partial charge is 0.306 e. The second kappa shape index (κ2) is 6.88. The molecule has 7 heteroatoms. The number of pyridine rings is 1. The number of aromatic nitrogens is 1. The van der Waals surface area contributed by atoms with E-state index in [1.54, 1.807) is 32.0 Å². The van der Waals surface area contributed by atoms with Crippen LogP contribution in [0.2, 0.25) is 0 Å². The Kier molecular flexibility index (Phi) is 4.65. The van der Waals surface area contributed by atoms with E-state index in [4.69, 9.17) is 14.2 Å². The zero-order valence-electron chi connectivity index (χ0n) is 14.0. The third-order valence-corrected chi connectivity index (χ3v) is 4.01. The third kappa shape index (κ3) is 3.45. The number of aryl methyl sites for hydroxylation is 1. The topological polar surface area (TPSA) is 97.8 Å². The van der Waals surface area contributed by atoms with Crippen LogP contribution in [0.4, 0.5) is 0 Å². The molecule has 2 heterocycles. The monoisotopic (exact) mass is 345 g/mol. The van der Waals surface area contributed by atoms with E-state index in [1.165, 1.54) is 6.07 Å². The molecule has 1 aliphatic heterocycles. The number of aromatic hydroxyl groups is 1. The van der Waals surface area contributed by atoms with Crippen LogP contribution >= 0.6 is 0 Å². The lowest BCUT2D eigenvalue weighted by atomic mass is 9.88. The molecule has 2 aromatic rings. The molecule has 1 atom stereocenters. The number of aromatic amines is 1. The number of carbonyl (C=O) groups excluding carboxylic acids is 1. The van der Waals surface area contributed by atoms with Crippen molar-refractivity contribution in [3.05, 3.63) is 51.4 Å². The fourth-order valence-electron chi connectivity index (χ4n) is 2.92. The van der Waals surface area contributed by atoms with Crippen LogP contribution in [-0.2, 0) is 9.53 Å². The van der Waals surface area contributed by atoms with E-state index in [0.717, 1.165) is 0 Å². The molecule has 0 saturated heterocycles. The number of ether oxygens (including phenoxy) is 3. The van der Waals surface area contributed by atoms with Gasteiger partial charge in [-0.15, -0.1) is 0 Å². The van der Waals surface area contributed by atoms with Gasteiger partial charge in [-0.1, -0.05) is 6.07 Å². The van der Waals surface area contributed by atoms with Gasteiger partial charge in [-0.3, -0.25) is 9.59 Å². The molecule has 0 aliphatic carbocycles. The molecule has 7 nitrogen and oxygen atoms in total. The number of hydrogen-bond acceptors (Lipinski definition) is 6. The molecule has 25 heavy (non-hydrogen) atoms. The molecule has 0 amide bonds. The Labute approximate surface area is 144 Å². The highest BCUT2D eigenvalue weighted by molar-refractivity contribution is 5.72.